The lowest BCUT2D eigenvalue weighted by atomic mass is 9.99. The van der Waals surface area contributed by atoms with Crippen LogP contribution in [0.3, 0.4) is 0 Å². The number of hydrogen-bond donors (Lipinski definition) is 1. The van der Waals surface area contributed by atoms with Gasteiger partial charge in [-0.15, -0.1) is 0 Å². The molecule has 0 aromatic heterocycles. The van der Waals surface area contributed by atoms with Crippen molar-refractivity contribution in [2.24, 2.45) is 0 Å². The fraction of sp³-hybridized carbons (Fsp3) is 0.207. The van der Waals surface area contributed by atoms with E-state index in [1.807, 2.05) is 18.2 Å². The first-order valence-corrected chi connectivity index (χ1v) is 11.8. The van der Waals surface area contributed by atoms with E-state index in [2.05, 4.69) is 36.5 Å². The van der Waals surface area contributed by atoms with Gasteiger partial charge in [0.2, 0.25) is 0 Å². The van der Waals surface area contributed by atoms with Gasteiger partial charge in [-0.1, -0.05) is 60.7 Å². The van der Waals surface area contributed by atoms with Crippen LogP contribution in [0.15, 0.2) is 91.0 Å². The van der Waals surface area contributed by atoms with Gasteiger partial charge in [0.25, 0.3) is 5.91 Å². The normalized spacial score (nSPS) is 16.3. The smallest absolute Gasteiger partial charge is 0.416 e. The van der Waals surface area contributed by atoms with E-state index in [0.29, 0.717) is 18.0 Å². The van der Waals surface area contributed by atoms with Gasteiger partial charge in [0, 0.05) is 18.2 Å². The van der Waals surface area contributed by atoms with Gasteiger partial charge >= 0.3 is 6.18 Å². The van der Waals surface area contributed by atoms with Crippen LogP contribution in [0.25, 0.3) is 10.8 Å². The number of nitrogens with zero attached hydrogens (tertiary/aromatic N) is 1. The number of anilines is 1. The summed E-state index contributed by atoms with van der Waals surface area (Å²) in [5.41, 5.74) is 0.828. The highest BCUT2D eigenvalue weighted by molar-refractivity contribution is 6.07. The van der Waals surface area contributed by atoms with E-state index in [0.717, 1.165) is 28.5 Å². The Morgan fingerprint density at radius 2 is 1.72 bits per heavy atom. The standard InChI is InChI=1S/C29H25F3N2O2/c1-19(24-13-7-9-20-8-2-3-12-25(20)24)33-17-23-18-34(26-14-4-5-15-27(26)36-23)28(35)21-10-6-11-22(16-21)29(30,31)32/h2-16,19,23,33H,17-18H2,1H3. The van der Waals surface area contributed by atoms with E-state index >= 15 is 0 Å². The third-order valence-corrected chi connectivity index (χ3v) is 6.46. The second-order valence-corrected chi connectivity index (χ2v) is 8.90. The van der Waals surface area contributed by atoms with Crippen molar-refractivity contribution in [1.82, 2.24) is 5.32 Å². The molecule has 0 spiro atoms. The molecule has 0 aliphatic carbocycles. The SMILES string of the molecule is CC(NCC1CN(C(=O)c2cccc(C(F)(F)F)c2)c2ccccc2O1)c1cccc2ccccc12. The molecule has 0 saturated carbocycles. The third kappa shape index (κ3) is 4.79. The molecule has 184 valence electrons. The highest BCUT2D eigenvalue weighted by atomic mass is 19.4. The first-order chi connectivity index (χ1) is 17.3. The molecule has 4 nitrogen and oxygen atoms in total. The zero-order valence-electron chi connectivity index (χ0n) is 19.6. The number of hydrogen-bond acceptors (Lipinski definition) is 3. The maximum atomic E-state index is 13.4. The summed E-state index contributed by atoms with van der Waals surface area (Å²) in [7, 11) is 0. The number of carbonyl (C=O) groups excluding carboxylic acids is 1. The number of para-hydroxylation sites is 2. The van der Waals surface area contributed by atoms with Crippen LogP contribution in [-0.4, -0.2) is 25.1 Å². The molecule has 1 heterocycles. The van der Waals surface area contributed by atoms with Crippen LogP contribution in [0.5, 0.6) is 5.75 Å². The van der Waals surface area contributed by atoms with Crippen LogP contribution < -0.4 is 15.0 Å². The number of benzene rings is 4. The molecular formula is C29H25F3N2O2. The third-order valence-electron chi connectivity index (χ3n) is 6.46. The Hall–Kier alpha value is -3.84. The summed E-state index contributed by atoms with van der Waals surface area (Å²) in [6, 6.07) is 26.0. The van der Waals surface area contributed by atoms with E-state index in [1.165, 1.54) is 17.0 Å². The molecule has 0 radical (unpaired) electrons. The highest BCUT2D eigenvalue weighted by Gasteiger charge is 2.34. The van der Waals surface area contributed by atoms with Gasteiger partial charge in [-0.3, -0.25) is 4.79 Å². The molecule has 1 aliphatic rings. The van der Waals surface area contributed by atoms with Crippen LogP contribution in [0.1, 0.15) is 34.5 Å². The van der Waals surface area contributed by atoms with Gasteiger partial charge in [-0.05, 0) is 53.6 Å². The van der Waals surface area contributed by atoms with Crippen LogP contribution in [0.2, 0.25) is 0 Å². The second kappa shape index (κ2) is 9.66. The number of nitrogens with one attached hydrogen (secondary N) is 1. The van der Waals surface area contributed by atoms with Crippen molar-refractivity contribution in [3.63, 3.8) is 0 Å². The predicted molar refractivity (Wildman–Crippen MR) is 134 cm³/mol. The lowest BCUT2D eigenvalue weighted by Gasteiger charge is -2.35. The lowest BCUT2D eigenvalue weighted by molar-refractivity contribution is -0.137. The maximum Gasteiger partial charge on any atom is 0.416 e. The van der Waals surface area contributed by atoms with Crippen molar-refractivity contribution in [2.45, 2.75) is 25.2 Å². The zero-order valence-corrected chi connectivity index (χ0v) is 19.6. The van der Waals surface area contributed by atoms with Gasteiger partial charge in [0.1, 0.15) is 11.9 Å². The van der Waals surface area contributed by atoms with E-state index in [1.54, 1.807) is 24.3 Å². The Morgan fingerprint density at radius 1 is 1.00 bits per heavy atom. The van der Waals surface area contributed by atoms with Gasteiger partial charge in [-0.2, -0.15) is 13.2 Å². The molecule has 1 N–H and O–H groups in total. The number of halogens is 3. The van der Waals surface area contributed by atoms with Crippen molar-refractivity contribution in [3.8, 4) is 5.75 Å². The van der Waals surface area contributed by atoms with Crippen LogP contribution in [0, 0.1) is 0 Å². The molecule has 0 fully saturated rings. The largest absolute Gasteiger partial charge is 0.485 e. The Balaban J connectivity index is 1.36. The molecule has 1 amide bonds. The molecule has 0 saturated heterocycles. The van der Waals surface area contributed by atoms with E-state index in [9.17, 15) is 18.0 Å². The minimum Gasteiger partial charge on any atom is -0.485 e. The fourth-order valence-electron chi connectivity index (χ4n) is 4.63. The topological polar surface area (TPSA) is 41.6 Å². The van der Waals surface area contributed by atoms with Crippen molar-refractivity contribution < 1.29 is 22.7 Å². The minimum absolute atomic E-state index is 0.0163. The van der Waals surface area contributed by atoms with Crippen LogP contribution >= 0.6 is 0 Å². The lowest BCUT2D eigenvalue weighted by Crippen LogP contribution is -2.48. The summed E-state index contributed by atoms with van der Waals surface area (Å²) >= 11 is 0. The number of alkyl halides is 3. The monoisotopic (exact) mass is 490 g/mol. The molecule has 1 aliphatic heterocycles. The quantitative estimate of drug-likeness (QED) is 0.342. The van der Waals surface area contributed by atoms with Crippen LogP contribution in [0.4, 0.5) is 18.9 Å². The number of fused-ring (bicyclic) bond motifs is 2. The van der Waals surface area contributed by atoms with Gasteiger partial charge in [0.15, 0.2) is 0 Å². The molecule has 36 heavy (non-hydrogen) atoms. The summed E-state index contributed by atoms with van der Waals surface area (Å²) in [5.74, 6) is 0.0256. The summed E-state index contributed by atoms with van der Waals surface area (Å²) < 4.78 is 45.9. The van der Waals surface area contributed by atoms with E-state index < -0.39 is 17.6 Å². The average molecular weight is 491 g/mol. The Labute approximate surface area is 207 Å². The molecule has 2 atom stereocenters. The highest BCUT2D eigenvalue weighted by Crippen LogP contribution is 2.35. The fourth-order valence-corrected chi connectivity index (χ4v) is 4.63. The molecule has 4 aromatic carbocycles. The van der Waals surface area contributed by atoms with E-state index in [4.69, 9.17) is 4.74 Å². The van der Waals surface area contributed by atoms with Gasteiger partial charge in [-0.25, -0.2) is 0 Å². The number of carbonyl (C=O) groups is 1. The predicted octanol–water partition coefficient (Wildman–Crippen LogP) is 6.62. The summed E-state index contributed by atoms with van der Waals surface area (Å²) in [4.78, 5) is 14.9. The first kappa shape index (κ1) is 23.9. The number of ether oxygens (including phenoxy) is 1. The summed E-state index contributed by atoms with van der Waals surface area (Å²) in [6.45, 7) is 2.73. The molecule has 7 heteroatoms. The molecule has 2 unspecified atom stereocenters. The number of rotatable bonds is 5. The Bertz CT molecular complexity index is 1400. The first-order valence-electron chi connectivity index (χ1n) is 11.8. The second-order valence-electron chi connectivity index (χ2n) is 8.90. The average Bonchev–Trinajstić information content (AvgIpc) is 2.90. The van der Waals surface area contributed by atoms with Crippen molar-refractivity contribution >= 4 is 22.4 Å². The summed E-state index contributed by atoms with van der Waals surface area (Å²) in [5, 5.41) is 5.83. The molecule has 5 rings (SSSR count). The molecule has 0 bridgehead atoms. The van der Waals surface area contributed by atoms with Gasteiger partial charge < -0.3 is 15.0 Å². The Morgan fingerprint density at radius 3 is 2.56 bits per heavy atom. The maximum absolute atomic E-state index is 13.4. The molecule has 4 aromatic rings. The molecular weight excluding hydrogens is 465 g/mol. The zero-order chi connectivity index (χ0) is 25.3. The van der Waals surface area contributed by atoms with Crippen molar-refractivity contribution in [3.05, 3.63) is 108 Å². The van der Waals surface area contributed by atoms with Crippen molar-refractivity contribution in [2.75, 3.05) is 18.0 Å². The Kier molecular flexibility index (Phi) is 6.41. The van der Waals surface area contributed by atoms with E-state index in [-0.39, 0.29) is 24.3 Å². The van der Waals surface area contributed by atoms with Crippen molar-refractivity contribution in [1.29, 1.82) is 0 Å². The van der Waals surface area contributed by atoms with Gasteiger partial charge in [0.05, 0.1) is 17.8 Å². The number of amides is 1. The summed E-state index contributed by atoms with van der Waals surface area (Å²) in [6.07, 6.45) is -4.91. The minimum atomic E-state index is -4.52. The van der Waals surface area contributed by atoms with Crippen LogP contribution in [-0.2, 0) is 6.18 Å².